The van der Waals surface area contributed by atoms with Crippen LogP contribution in [0.25, 0.3) is 0 Å². The van der Waals surface area contributed by atoms with Crippen LogP contribution in [0.15, 0.2) is 5.38 Å². The predicted molar refractivity (Wildman–Crippen MR) is 69.4 cm³/mol. The van der Waals surface area contributed by atoms with Crippen molar-refractivity contribution in [3.63, 3.8) is 0 Å². The van der Waals surface area contributed by atoms with E-state index in [0.717, 1.165) is 5.69 Å². The first-order valence-electron chi connectivity index (χ1n) is 5.52. The lowest BCUT2D eigenvalue weighted by Gasteiger charge is -2.27. The van der Waals surface area contributed by atoms with E-state index in [9.17, 15) is 9.90 Å². The number of amides is 2. The highest BCUT2D eigenvalue weighted by molar-refractivity contribution is 7.13. The van der Waals surface area contributed by atoms with E-state index in [1.807, 2.05) is 19.2 Å². The number of aryl methyl sites for hydroxylation is 1. The van der Waals surface area contributed by atoms with Crippen molar-refractivity contribution < 1.29 is 9.90 Å². The number of urea groups is 1. The summed E-state index contributed by atoms with van der Waals surface area (Å²) in [4.78, 5) is 17.6. The van der Waals surface area contributed by atoms with Crippen LogP contribution in [-0.4, -0.2) is 39.7 Å². The molecule has 6 heteroatoms. The number of hydrogen-bond donors (Lipinski definition) is 2. The van der Waals surface area contributed by atoms with E-state index >= 15 is 0 Å². The van der Waals surface area contributed by atoms with Gasteiger partial charge < -0.3 is 10.0 Å². The molecule has 0 aromatic carbocycles. The van der Waals surface area contributed by atoms with Crippen molar-refractivity contribution in [2.75, 3.05) is 18.4 Å². The van der Waals surface area contributed by atoms with Crippen LogP contribution in [0.5, 0.6) is 0 Å². The Balaban J connectivity index is 2.61. The highest BCUT2D eigenvalue weighted by Gasteiger charge is 2.21. The van der Waals surface area contributed by atoms with E-state index in [1.165, 1.54) is 11.3 Å². The number of aliphatic hydroxyl groups is 1. The van der Waals surface area contributed by atoms with Gasteiger partial charge in [-0.25, -0.2) is 9.78 Å². The number of carbonyl (C=O) groups is 1. The fraction of sp³-hybridized carbons (Fsp3) is 0.636. The molecule has 1 aromatic heterocycles. The Morgan fingerprint density at radius 3 is 2.71 bits per heavy atom. The lowest BCUT2D eigenvalue weighted by molar-refractivity contribution is 0.0501. The van der Waals surface area contributed by atoms with Gasteiger partial charge >= 0.3 is 6.03 Å². The molecule has 0 fully saturated rings. The van der Waals surface area contributed by atoms with Crippen molar-refractivity contribution in [3.8, 4) is 0 Å². The minimum absolute atomic E-state index is 0.232. The van der Waals surface area contributed by atoms with Gasteiger partial charge in [-0.15, -0.1) is 11.3 Å². The average Bonchev–Trinajstić information content (AvgIpc) is 2.59. The second-order valence-electron chi connectivity index (χ2n) is 4.55. The number of carbonyl (C=O) groups excluding carboxylic acids is 1. The molecule has 17 heavy (non-hydrogen) atoms. The highest BCUT2D eigenvalue weighted by atomic mass is 32.1. The zero-order valence-electron chi connectivity index (χ0n) is 10.6. The topological polar surface area (TPSA) is 65.5 Å². The molecule has 1 rings (SSSR count). The van der Waals surface area contributed by atoms with Crippen LogP contribution in [0.2, 0.25) is 0 Å². The monoisotopic (exact) mass is 257 g/mol. The summed E-state index contributed by atoms with van der Waals surface area (Å²) in [6.07, 6.45) is 0. The lowest BCUT2D eigenvalue weighted by Crippen LogP contribution is -2.44. The van der Waals surface area contributed by atoms with Crippen LogP contribution < -0.4 is 5.32 Å². The Labute approximate surface area is 105 Å². The van der Waals surface area contributed by atoms with Crippen molar-refractivity contribution in [1.29, 1.82) is 0 Å². The molecule has 0 aliphatic carbocycles. The third-order valence-corrected chi connectivity index (χ3v) is 2.96. The summed E-state index contributed by atoms with van der Waals surface area (Å²) in [6.45, 7) is 7.94. The summed E-state index contributed by atoms with van der Waals surface area (Å²) in [5.74, 6) is 0. The number of rotatable bonds is 4. The van der Waals surface area contributed by atoms with Crippen LogP contribution in [0.3, 0.4) is 0 Å². The van der Waals surface area contributed by atoms with E-state index in [-0.39, 0.29) is 6.03 Å². The minimum atomic E-state index is -0.897. The molecular weight excluding hydrogens is 238 g/mol. The summed E-state index contributed by atoms with van der Waals surface area (Å²) in [6, 6.07) is -0.232. The molecule has 1 heterocycles. The Hall–Kier alpha value is -1.14. The van der Waals surface area contributed by atoms with Gasteiger partial charge in [0.1, 0.15) is 0 Å². The fourth-order valence-electron chi connectivity index (χ4n) is 1.38. The van der Waals surface area contributed by atoms with Gasteiger partial charge in [0, 0.05) is 11.9 Å². The standard InChI is InChI=1S/C11H19N3O2S/c1-5-14(7-11(3,4)16)10(15)13-9-12-8(2)6-17-9/h6,16H,5,7H2,1-4H3,(H,12,13,15). The average molecular weight is 257 g/mol. The van der Waals surface area contributed by atoms with Gasteiger partial charge in [-0.1, -0.05) is 0 Å². The minimum Gasteiger partial charge on any atom is -0.389 e. The molecule has 1 aromatic rings. The number of aromatic nitrogens is 1. The molecule has 96 valence electrons. The van der Waals surface area contributed by atoms with Crippen LogP contribution >= 0.6 is 11.3 Å². The van der Waals surface area contributed by atoms with Gasteiger partial charge in [-0.05, 0) is 27.7 Å². The molecule has 0 saturated heterocycles. The van der Waals surface area contributed by atoms with Gasteiger partial charge in [0.15, 0.2) is 5.13 Å². The second kappa shape index (κ2) is 5.46. The maximum absolute atomic E-state index is 11.9. The number of likely N-dealkylation sites (N-methyl/N-ethyl adjacent to an activating group) is 1. The molecule has 0 bridgehead atoms. The number of anilines is 1. The van der Waals surface area contributed by atoms with Crippen molar-refractivity contribution >= 4 is 22.5 Å². The Kier molecular flexibility index (Phi) is 4.47. The van der Waals surface area contributed by atoms with Gasteiger partial charge in [0.2, 0.25) is 0 Å². The number of nitrogens with one attached hydrogen (secondary N) is 1. The molecule has 0 aliphatic heterocycles. The van der Waals surface area contributed by atoms with E-state index in [4.69, 9.17) is 0 Å². The molecule has 0 unspecified atom stereocenters. The van der Waals surface area contributed by atoms with Gasteiger partial charge in [-0.3, -0.25) is 5.32 Å². The first kappa shape index (κ1) is 13.9. The van der Waals surface area contributed by atoms with E-state index in [1.54, 1.807) is 18.7 Å². The molecule has 0 aliphatic rings. The number of hydrogen-bond acceptors (Lipinski definition) is 4. The predicted octanol–water partition coefficient (Wildman–Crippen LogP) is 2.08. The third kappa shape index (κ3) is 4.70. The summed E-state index contributed by atoms with van der Waals surface area (Å²) in [5, 5.41) is 14.9. The molecule has 2 amide bonds. The molecule has 0 atom stereocenters. The SMILES string of the molecule is CCN(CC(C)(C)O)C(=O)Nc1nc(C)cs1. The lowest BCUT2D eigenvalue weighted by atomic mass is 10.1. The first-order chi connectivity index (χ1) is 7.81. The van der Waals surface area contributed by atoms with Crippen LogP contribution in [0.1, 0.15) is 26.5 Å². The zero-order valence-corrected chi connectivity index (χ0v) is 11.5. The normalized spacial score (nSPS) is 11.4. The summed E-state index contributed by atoms with van der Waals surface area (Å²) in [5.41, 5.74) is -0.0116. The fourth-order valence-corrected chi connectivity index (χ4v) is 2.05. The van der Waals surface area contributed by atoms with Crippen molar-refractivity contribution in [2.45, 2.75) is 33.3 Å². The van der Waals surface area contributed by atoms with Crippen molar-refractivity contribution in [1.82, 2.24) is 9.88 Å². The Bertz CT molecular complexity index is 384. The number of thiazole rings is 1. The molecule has 0 saturated carbocycles. The second-order valence-corrected chi connectivity index (χ2v) is 5.41. The Morgan fingerprint density at radius 2 is 2.29 bits per heavy atom. The molecule has 2 N–H and O–H groups in total. The van der Waals surface area contributed by atoms with E-state index in [0.29, 0.717) is 18.2 Å². The summed E-state index contributed by atoms with van der Waals surface area (Å²) >= 11 is 1.39. The van der Waals surface area contributed by atoms with E-state index < -0.39 is 5.60 Å². The van der Waals surface area contributed by atoms with Gasteiger partial charge in [0.25, 0.3) is 0 Å². The van der Waals surface area contributed by atoms with Crippen LogP contribution in [-0.2, 0) is 0 Å². The summed E-state index contributed by atoms with van der Waals surface area (Å²) < 4.78 is 0. The maximum atomic E-state index is 11.9. The smallest absolute Gasteiger partial charge is 0.323 e. The molecule has 0 radical (unpaired) electrons. The largest absolute Gasteiger partial charge is 0.389 e. The highest BCUT2D eigenvalue weighted by Crippen LogP contribution is 2.15. The molecule has 5 nitrogen and oxygen atoms in total. The maximum Gasteiger partial charge on any atom is 0.323 e. The first-order valence-corrected chi connectivity index (χ1v) is 6.40. The van der Waals surface area contributed by atoms with Crippen molar-refractivity contribution in [3.05, 3.63) is 11.1 Å². The quantitative estimate of drug-likeness (QED) is 0.868. The van der Waals surface area contributed by atoms with Gasteiger partial charge in [-0.2, -0.15) is 0 Å². The Morgan fingerprint density at radius 1 is 1.65 bits per heavy atom. The van der Waals surface area contributed by atoms with Crippen LogP contribution in [0.4, 0.5) is 9.93 Å². The van der Waals surface area contributed by atoms with Crippen molar-refractivity contribution in [2.24, 2.45) is 0 Å². The molecular formula is C11H19N3O2S. The zero-order chi connectivity index (χ0) is 13.1. The summed E-state index contributed by atoms with van der Waals surface area (Å²) in [7, 11) is 0. The molecule has 0 spiro atoms. The van der Waals surface area contributed by atoms with E-state index in [2.05, 4.69) is 10.3 Å². The van der Waals surface area contributed by atoms with Crippen LogP contribution in [0, 0.1) is 6.92 Å². The number of nitrogens with zero attached hydrogens (tertiary/aromatic N) is 2. The third-order valence-electron chi connectivity index (χ3n) is 2.08. The van der Waals surface area contributed by atoms with Gasteiger partial charge in [0.05, 0.1) is 17.8 Å².